The number of nitrogens with two attached hydrogens (primary N) is 1. The molecule has 3 aromatic rings. The third-order valence-electron chi connectivity index (χ3n) is 4.71. The van der Waals surface area contributed by atoms with Crippen LogP contribution in [0.2, 0.25) is 0 Å². The Morgan fingerprint density at radius 1 is 1.31 bits per heavy atom. The maximum atomic E-state index is 12.6. The summed E-state index contributed by atoms with van der Waals surface area (Å²) in [6.07, 6.45) is 0. The van der Waals surface area contributed by atoms with Crippen molar-refractivity contribution in [2.75, 3.05) is 35.6 Å². The first-order valence-electron chi connectivity index (χ1n) is 8.86. The fourth-order valence-electron chi connectivity index (χ4n) is 3.29. The zero-order valence-electron chi connectivity index (χ0n) is 15.5. The molecule has 1 aliphatic rings. The molecule has 0 saturated carbocycles. The summed E-state index contributed by atoms with van der Waals surface area (Å²) in [6, 6.07) is 5.47. The minimum Gasteiger partial charge on any atom is -0.368 e. The van der Waals surface area contributed by atoms with Gasteiger partial charge in [0.05, 0.1) is 10.4 Å². The number of carbonyl (C=O) groups excluding carboxylic acids is 1. The van der Waals surface area contributed by atoms with Gasteiger partial charge < -0.3 is 20.9 Å². The molecule has 2 aromatic heterocycles. The van der Waals surface area contributed by atoms with Crippen molar-refractivity contribution in [3.63, 3.8) is 0 Å². The van der Waals surface area contributed by atoms with Crippen LogP contribution in [-0.4, -0.2) is 56.5 Å². The van der Waals surface area contributed by atoms with Crippen molar-refractivity contribution in [3.05, 3.63) is 39.9 Å². The Morgan fingerprint density at radius 3 is 2.76 bits per heavy atom. The molecule has 1 aliphatic heterocycles. The van der Waals surface area contributed by atoms with Gasteiger partial charge in [0.2, 0.25) is 5.95 Å². The number of hydrogen-bond donors (Lipinski definition) is 2. The number of nitrogens with zero attached hydrogens (tertiary/aromatic N) is 6. The van der Waals surface area contributed by atoms with E-state index in [0.29, 0.717) is 36.7 Å². The second-order valence-electron chi connectivity index (χ2n) is 6.63. The molecule has 0 aliphatic carbocycles. The molecule has 1 fully saturated rings. The summed E-state index contributed by atoms with van der Waals surface area (Å²) >= 11 is 1.40. The number of piperazine rings is 1. The highest BCUT2D eigenvalue weighted by Gasteiger charge is 2.29. The number of nitro groups is 1. The average Bonchev–Trinajstić information content (AvgIpc) is 3.16. The van der Waals surface area contributed by atoms with Crippen LogP contribution < -0.4 is 16.0 Å². The highest BCUT2D eigenvalue weighted by atomic mass is 32.1. The van der Waals surface area contributed by atoms with Crippen LogP contribution in [0.3, 0.4) is 0 Å². The number of non-ortho nitro benzene ring substituents is 1. The van der Waals surface area contributed by atoms with Crippen LogP contribution in [0.1, 0.15) is 6.92 Å². The normalized spacial score (nSPS) is 16.8. The maximum absolute atomic E-state index is 12.6. The van der Waals surface area contributed by atoms with Crippen LogP contribution in [-0.2, 0) is 0 Å². The lowest BCUT2D eigenvalue weighted by Gasteiger charge is -2.40. The lowest BCUT2D eigenvalue weighted by molar-refractivity contribution is -0.384. The van der Waals surface area contributed by atoms with E-state index < -0.39 is 4.92 Å². The number of nitrogen functional groups attached to an aromatic ring is 1. The summed E-state index contributed by atoms with van der Waals surface area (Å²) in [5.41, 5.74) is 8.74. The van der Waals surface area contributed by atoms with E-state index in [2.05, 4.69) is 25.2 Å². The van der Waals surface area contributed by atoms with E-state index in [1.807, 2.05) is 6.92 Å². The number of aromatic nitrogens is 3. The van der Waals surface area contributed by atoms with Gasteiger partial charge in [-0.25, -0.2) is 14.8 Å². The predicted molar refractivity (Wildman–Crippen MR) is 110 cm³/mol. The molecule has 1 saturated heterocycles. The number of rotatable bonds is 3. The molecule has 150 valence electrons. The van der Waals surface area contributed by atoms with Crippen molar-refractivity contribution >= 4 is 50.9 Å². The van der Waals surface area contributed by atoms with Gasteiger partial charge in [0, 0.05) is 43.5 Å². The SMILES string of the molecule is C[C@H]1CN(C(=O)Nc2ccc([N+](=O)[O-])cc2)CCN1c1nc(N)nc2scnc12. The molecule has 0 spiro atoms. The van der Waals surface area contributed by atoms with Gasteiger partial charge in [-0.05, 0) is 19.1 Å². The van der Waals surface area contributed by atoms with E-state index in [4.69, 9.17) is 5.73 Å². The standard InChI is InChI=1S/C17H18N8O3S/c1-10-8-23(17(26)20-11-2-4-12(5-3-11)25(27)28)6-7-24(10)14-13-15(29-9-19-13)22-16(18)21-14/h2-5,9-10H,6-8H2,1H3,(H,20,26)(H2,18,21,22)/t10-/m0/s1. The van der Waals surface area contributed by atoms with Crippen LogP contribution in [0.4, 0.5) is 27.9 Å². The van der Waals surface area contributed by atoms with Gasteiger partial charge in [-0.2, -0.15) is 4.98 Å². The molecule has 3 heterocycles. The number of nitrogens with one attached hydrogen (secondary N) is 1. The Kier molecular flexibility index (Phi) is 4.84. The van der Waals surface area contributed by atoms with Crippen molar-refractivity contribution < 1.29 is 9.72 Å². The molecule has 4 rings (SSSR count). The molecule has 1 aromatic carbocycles. The number of hydrogen-bond acceptors (Lipinski definition) is 9. The highest BCUT2D eigenvalue weighted by Crippen LogP contribution is 2.29. The first-order chi connectivity index (χ1) is 13.9. The van der Waals surface area contributed by atoms with Crippen LogP contribution in [0, 0.1) is 10.1 Å². The number of carbonyl (C=O) groups is 1. The largest absolute Gasteiger partial charge is 0.368 e. The summed E-state index contributed by atoms with van der Waals surface area (Å²) in [5, 5.41) is 13.5. The lowest BCUT2D eigenvalue weighted by Crippen LogP contribution is -2.55. The number of nitro benzene ring substituents is 1. The number of anilines is 3. The summed E-state index contributed by atoms with van der Waals surface area (Å²) < 4.78 is 0. The number of urea groups is 1. The molecule has 0 radical (unpaired) electrons. The second kappa shape index (κ2) is 7.47. The van der Waals surface area contributed by atoms with Crippen molar-refractivity contribution in [2.45, 2.75) is 13.0 Å². The van der Waals surface area contributed by atoms with Crippen LogP contribution >= 0.6 is 11.3 Å². The monoisotopic (exact) mass is 414 g/mol. The van der Waals surface area contributed by atoms with E-state index in [0.717, 1.165) is 4.83 Å². The highest BCUT2D eigenvalue weighted by molar-refractivity contribution is 7.16. The quantitative estimate of drug-likeness (QED) is 0.491. The van der Waals surface area contributed by atoms with Crippen LogP contribution in [0.15, 0.2) is 29.8 Å². The third-order valence-corrected chi connectivity index (χ3v) is 5.43. The van der Waals surface area contributed by atoms with E-state index >= 15 is 0 Å². The van der Waals surface area contributed by atoms with Gasteiger partial charge in [0.1, 0.15) is 5.52 Å². The summed E-state index contributed by atoms with van der Waals surface area (Å²) in [7, 11) is 0. The van der Waals surface area contributed by atoms with Crippen LogP contribution in [0.5, 0.6) is 0 Å². The fraction of sp³-hybridized carbons (Fsp3) is 0.294. The first kappa shape index (κ1) is 18.8. The number of fused-ring (bicyclic) bond motifs is 1. The van der Waals surface area contributed by atoms with Gasteiger partial charge in [-0.3, -0.25) is 10.1 Å². The Morgan fingerprint density at radius 2 is 2.07 bits per heavy atom. The van der Waals surface area contributed by atoms with Crippen LogP contribution in [0.25, 0.3) is 10.3 Å². The predicted octanol–water partition coefficient (Wildman–Crippen LogP) is 2.32. The van der Waals surface area contributed by atoms with E-state index in [1.165, 1.54) is 35.6 Å². The average molecular weight is 414 g/mol. The molecular formula is C17H18N8O3S. The molecule has 2 amide bonds. The van der Waals surface area contributed by atoms with Gasteiger partial charge in [0.15, 0.2) is 10.6 Å². The van der Waals surface area contributed by atoms with Gasteiger partial charge in [0.25, 0.3) is 5.69 Å². The molecule has 3 N–H and O–H groups in total. The maximum Gasteiger partial charge on any atom is 0.321 e. The Bertz CT molecular complexity index is 1070. The van der Waals surface area contributed by atoms with E-state index in [-0.39, 0.29) is 23.7 Å². The van der Waals surface area contributed by atoms with E-state index in [9.17, 15) is 14.9 Å². The Balaban J connectivity index is 1.45. The molecule has 11 nitrogen and oxygen atoms in total. The lowest BCUT2D eigenvalue weighted by atomic mass is 10.2. The fourth-order valence-corrected chi connectivity index (χ4v) is 3.95. The van der Waals surface area contributed by atoms with Crippen molar-refractivity contribution in [2.24, 2.45) is 0 Å². The second-order valence-corrected chi connectivity index (χ2v) is 7.47. The number of benzene rings is 1. The molecule has 1 atom stereocenters. The van der Waals surface area contributed by atoms with Crippen molar-refractivity contribution in [1.82, 2.24) is 19.9 Å². The zero-order valence-corrected chi connectivity index (χ0v) is 16.3. The summed E-state index contributed by atoms with van der Waals surface area (Å²) in [6.45, 7) is 3.53. The minimum absolute atomic E-state index is 0.00874. The summed E-state index contributed by atoms with van der Waals surface area (Å²) in [4.78, 5) is 40.3. The zero-order chi connectivity index (χ0) is 20.5. The van der Waals surface area contributed by atoms with Gasteiger partial charge in [-0.15, -0.1) is 11.3 Å². The summed E-state index contributed by atoms with van der Waals surface area (Å²) in [5.74, 6) is 0.874. The van der Waals surface area contributed by atoms with Crippen molar-refractivity contribution in [1.29, 1.82) is 0 Å². The smallest absolute Gasteiger partial charge is 0.321 e. The minimum atomic E-state index is -0.480. The molecule has 0 unspecified atom stereocenters. The first-order valence-corrected chi connectivity index (χ1v) is 9.74. The Hall–Kier alpha value is -3.54. The molecule has 0 bridgehead atoms. The van der Waals surface area contributed by atoms with Crippen molar-refractivity contribution in [3.8, 4) is 0 Å². The third kappa shape index (κ3) is 3.74. The van der Waals surface area contributed by atoms with Gasteiger partial charge in [-0.1, -0.05) is 0 Å². The number of thiazole rings is 1. The van der Waals surface area contributed by atoms with Gasteiger partial charge >= 0.3 is 6.03 Å². The molecular weight excluding hydrogens is 396 g/mol. The topological polar surface area (TPSA) is 143 Å². The Labute approximate surface area is 169 Å². The van der Waals surface area contributed by atoms with E-state index in [1.54, 1.807) is 10.4 Å². The molecule has 29 heavy (non-hydrogen) atoms. The molecule has 12 heteroatoms. The number of amides is 2.